The number of ketones is 3. The van der Waals surface area contributed by atoms with Crippen LogP contribution >= 0.6 is 0 Å². The normalized spacial score (nSPS) is 11.0. The topological polar surface area (TPSA) is 455 Å². The number of hydrogen-bond acceptors (Lipinski definition) is 25. The van der Waals surface area contributed by atoms with Crippen LogP contribution < -0.4 is 53.2 Å². The number of carbonyl (C=O) groups excluding carboxylic acids is 3. The first-order valence-electron chi connectivity index (χ1n) is 39.8. The van der Waals surface area contributed by atoms with Gasteiger partial charge in [0, 0.05) is 243 Å². The molecule has 0 unspecified atom stereocenters. The number of fused-ring (bicyclic) bond motifs is 1. The van der Waals surface area contributed by atoms with Crippen LogP contribution in [0.2, 0.25) is 0 Å². The molecule has 7 aromatic carbocycles. The fraction of sp³-hybridized carbons (Fsp3) is 0.191. The molecule has 8 aromatic heterocycles. The summed E-state index contributed by atoms with van der Waals surface area (Å²) in [6, 6.07) is 58.9. The number of aromatic nitrogens is 12. The summed E-state index contributed by atoms with van der Waals surface area (Å²) in [5.74, 6) is -2.52. The van der Waals surface area contributed by atoms with Crippen molar-refractivity contribution < 1.29 is 159 Å². The quantitative estimate of drug-likeness (QED) is 0.0102. The Morgan fingerprint density at radius 2 is 0.742 bits per heavy atom. The number of carbonyl (C=O) groups is 3. The predicted octanol–water partition coefficient (Wildman–Crippen LogP) is 16.9. The molecule has 11 N–H and O–H groups in total. The second-order valence-electron chi connectivity index (χ2n) is 32.3. The summed E-state index contributed by atoms with van der Waals surface area (Å²) in [5.41, 5.74) is 34.4. The van der Waals surface area contributed by atoms with Crippen molar-refractivity contribution >= 4 is 68.7 Å². The smallest absolute Gasteiger partial charge is 0.353 e. The monoisotopic (exact) mass is 2020 g/mol. The molecule has 8 heterocycles. The van der Waals surface area contributed by atoms with E-state index in [-0.39, 0.29) is 267 Å². The number of nitrogen functional groups attached to an aromatic ring is 5. The molecule has 669 valence electrons. The van der Waals surface area contributed by atoms with Crippen LogP contribution in [0.15, 0.2) is 224 Å². The number of nitrogens with two attached hydrogens (primary N) is 5. The Balaban J connectivity index is 0.000000201. The van der Waals surface area contributed by atoms with Gasteiger partial charge in [0.2, 0.25) is 23.1 Å². The van der Waals surface area contributed by atoms with Crippen molar-refractivity contribution in [1.82, 2.24) is 59.2 Å². The molecule has 0 atom stereocenters. The largest absolute Gasteiger partial charge is 0.455 e. The molecule has 0 aliphatic rings. The predicted molar refractivity (Wildman–Crippen MR) is 475 cm³/mol. The summed E-state index contributed by atoms with van der Waals surface area (Å²) in [6.45, 7) is 18.5. The molecule has 0 aliphatic carbocycles. The molecule has 0 spiro atoms. The molecule has 0 amide bonds. The summed E-state index contributed by atoms with van der Waals surface area (Å²) in [7, 11) is 0. The summed E-state index contributed by atoms with van der Waals surface area (Å²) in [5, 5.41) is 36.3. The van der Waals surface area contributed by atoms with Gasteiger partial charge in [-0.1, -0.05) is 80.5 Å². The van der Waals surface area contributed by atoms with Gasteiger partial charge in [0.25, 0.3) is 5.56 Å². The molecule has 3 radical (unpaired) electrons. The van der Waals surface area contributed by atoms with E-state index in [1.165, 1.54) is 85.5 Å². The van der Waals surface area contributed by atoms with Crippen molar-refractivity contribution in [3.63, 3.8) is 0 Å². The number of pyridine rings is 4. The van der Waals surface area contributed by atoms with Gasteiger partial charge in [0.1, 0.15) is 80.6 Å². The first-order chi connectivity index (χ1) is 61.3. The van der Waals surface area contributed by atoms with Gasteiger partial charge >= 0.3 is 11.4 Å². The fourth-order valence-electron chi connectivity index (χ4n) is 12.7. The maximum atomic E-state index is 15.0. The van der Waals surface area contributed by atoms with Crippen molar-refractivity contribution in [3.05, 3.63) is 342 Å². The van der Waals surface area contributed by atoms with E-state index in [2.05, 4.69) is 89.6 Å². The summed E-state index contributed by atoms with van der Waals surface area (Å²) in [4.78, 5) is 93.0. The zero-order valence-electron chi connectivity index (χ0n) is 72.9. The third kappa shape index (κ3) is 26.9. The van der Waals surface area contributed by atoms with Gasteiger partial charge in [0.05, 0.1) is 38.8 Å². The molecule has 132 heavy (non-hydrogen) atoms. The van der Waals surface area contributed by atoms with Gasteiger partial charge in [-0.05, 0) is 82.3 Å². The maximum Gasteiger partial charge on any atom is 0.353 e. The number of ether oxygens (including phenoxy) is 4. The molecule has 0 saturated carbocycles. The van der Waals surface area contributed by atoms with Crippen molar-refractivity contribution in [2.45, 2.75) is 117 Å². The second-order valence-corrected chi connectivity index (χ2v) is 32.3. The number of benzene rings is 7. The summed E-state index contributed by atoms with van der Waals surface area (Å²) >= 11 is 0. The van der Waals surface area contributed by atoms with Gasteiger partial charge in [-0.3, -0.25) is 53.5 Å². The zero-order chi connectivity index (χ0) is 92.8. The van der Waals surface area contributed by atoms with E-state index >= 15 is 0 Å². The van der Waals surface area contributed by atoms with E-state index in [1.807, 2.05) is 87.5 Å². The van der Waals surface area contributed by atoms with E-state index in [0.717, 1.165) is 63.9 Å². The molecule has 0 aliphatic heterocycles. The first kappa shape index (κ1) is 103. The van der Waals surface area contributed by atoms with Crippen LogP contribution in [0, 0.1) is 61.7 Å². The summed E-state index contributed by atoms with van der Waals surface area (Å²) < 4.78 is 85.3. The number of hydrogen-bond donors (Lipinski definition) is 6. The number of H-pyrrole nitrogens is 1. The van der Waals surface area contributed by atoms with E-state index in [9.17, 15) is 57.0 Å². The Hall–Kier alpha value is -13.0. The van der Waals surface area contributed by atoms with E-state index in [0.29, 0.717) is 17.0 Å². The van der Waals surface area contributed by atoms with Crippen LogP contribution in [0.3, 0.4) is 0 Å². The van der Waals surface area contributed by atoms with Gasteiger partial charge in [0.15, 0.2) is 17.1 Å². The van der Waals surface area contributed by atoms with Crippen LogP contribution in [-0.2, 0) is 167 Å². The average Bonchev–Trinajstić information content (AvgIpc) is 1.47. The van der Waals surface area contributed by atoms with Crippen molar-refractivity contribution in [1.29, 1.82) is 0 Å². The number of anilines is 5. The molecular formula is C94H86F4N19O12Y3-3. The second kappa shape index (κ2) is 45.2. The molecule has 0 saturated heterocycles. The zero-order valence-corrected chi connectivity index (χ0v) is 81.4. The van der Waals surface area contributed by atoms with Crippen LogP contribution in [0.4, 0.5) is 57.8 Å². The molecule has 0 bridgehead atoms. The third-order valence-corrected chi connectivity index (χ3v) is 19.3. The van der Waals surface area contributed by atoms with Gasteiger partial charge in [-0.25, -0.2) is 42.5 Å². The number of rotatable bonds is 25. The number of nitro groups is 2. The minimum atomic E-state index is -0.718. The minimum absolute atomic E-state index is 0. The Labute approximate surface area is 830 Å². The fourth-order valence-corrected chi connectivity index (χ4v) is 12.7. The number of nitrogens with one attached hydrogen (secondary N) is 1. The van der Waals surface area contributed by atoms with Gasteiger partial charge in [-0.2, -0.15) is 88.1 Å². The molecule has 0 fully saturated rings. The number of halogens is 4. The SMILES string of the molecule is CC(C)(C)c1cc(CC(=O)Cc2ccc(Oc3ccnc(N)c3N)cc2F)n(-c2c[c-]ccc2)n1.CC(C)(C)c1cc(CC(=O)Cc2ccc(Oc3ccnc(N)c3[N+](=O)[O-])cc2F)n(-c2c[c-]ccc2)n1.CC(C)(C)c1cc(CC(=O)Cc2ccc(Oc3ccnc4[nH]c(=O)cnc34)cc2F)n(-c2c[c-]ccc2)n1.Nc1ccc(Oc2ccnc(N)c2[N+](=O)[O-])cc1F.[Y].[Y].[Y]. The Kier molecular flexibility index (Phi) is 35.2. The molecule has 15 rings (SSSR count). The number of nitrogens with zero attached hydrogens (tertiary/aromatic N) is 13. The minimum Gasteiger partial charge on any atom is -0.455 e. The van der Waals surface area contributed by atoms with Crippen molar-refractivity contribution in [2.24, 2.45) is 0 Å². The molecule has 15 aromatic rings. The van der Waals surface area contributed by atoms with Crippen LogP contribution in [0.25, 0.3) is 28.2 Å². The number of Topliss-reactive ketones (excluding diaryl/α,β-unsaturated/α-hetero) is 3. The van der Waals surface area contributed by atoms with Crippen LogP contribution in [-0.4, -0.2) is 86.4 Å². The maximum absolute atomic E-state index is 15.0. The third-order valence-electron chi connectivity index (χ3n) is 19.3. The summed E-state index contributed by atoms with van der Waals surface area (Å²) in [6.07, 6.45) is 6.52. The van der Waals surface area contributed by atoms with Crippen LogP contribution in [0.5, 0.6) is 46.0 Å². The number of aromatic amines is 1. The van der Waals surface area contributed by atoms with Crippen molar-refractivity contribution in [3.8, 4) is 63.1 Å². The molecular weight excluding hydrogens is 1930 g/mol. The Morgan fingerprint density at radius 3 is 1.08 bits per heavy atom. The van der Waals surface area contributed by atoms with Gasteiger partial charge in [-0.15, -0.1) is 18.2 Å². The van der Waals surface area contributed by atoms with E-state index in [4.69, 9.17) is 62.9 Å². The Bertz CT molecular complexity index is 6730. The van der Waals surface area contributed by atoms with E-state index in [1.54, 1.807) is 62.6 Å². The molecule has 31 nitrogen and oxygen atoms in total. The van der Waals surface area contributed by atoms with Crippen molar-refractivity contribution in [2.75, 3.05) is 28.7 Å². The van der Waals surface area contributed by atoms with Gasteiger partial charge < -0.3 is 52.6 Å². The van der Waals surface area contributed by atoms with Crippen LogP contribution in [0.1, 0.15) is 113 Å². The Morgan fingerprint density at radius 1 is 0.417 bits per heavy atom. The molecule has 38 heteroatoms. The standard InChI is InChI=1S/C29H25FN5O3.C27H25FN5O4.C27H27FN5O2.C11H9FN4O3.3Y/c1-29(2,3)25-15-20(35(34-25)19-7-5-4-6-8-19)14-21(36)13-18-9-10-22(16-23(18)30)38-24-11-12-31-28-27(24)32-17-26(37)33-28;1-27(2,3)24-15-19(32(31-24)18-7-5-4-6-8-18)14-20(34)13-17-9-10-21(16-22(17)28)37-23-11-12-30-26(29)25(23)33(35)36;1-27(2,3)24-15-19(33(32-24)18-7-5-4-6-8-18)14-20(34)13-17-9-10-21(16-22(17)28)35-23-11-12-31-26(30)25(23)29;12-7-5-6(1-2-8(7)13)19-9-3-4-15-11(14)10(9)16(17)18;;;/h4-5,7-12,15-17H,13-14H2,1-3H3,(H,31,33,37);4-5,7-12,15-16H,13-14H2,1-3H3,(H2,29,30);4-5,7-12,15-16H,13-14,29H2,1-3H3,(H2,30,31);1-5H,13H2,(H2,14,15);;;/q3*-1;;;;. The van der Waals surface area contributed by atoms with E-state index < -0.39 is 44.5 Å². The first-order valence-corrected chi connectivity index (χ1v) is 39.8. The average molecular weight is 2020 g/mol.